The Morgan fingerprint density at radius 1 is 1.19 bits per heavy atom. The molecule has 3 aliphatic heterocycles. The van der Waals surface area contributed by atoms with Crippen molar-refractivity contribution in [1.82, 2.24) is 14.9 Å². The molecule has 5 heterocycles. The molecule has 0 aromatic carbocycles. The molecule has 1 amide bonds. The normalized spacial score (nSPS) is 23.3. The molecule has 0 radical (unpaired) electrons. The van der Waals surface area contributed by atoms with E-state index in [9.17, 15) is 4.79 Å². The average molecular weight is 439 g/mol. The Morgan fingerprint density at radius 3 is 2.52 bits per heavy atom. The largest absolute Gasteiger partial charge is 0.380 e. The number of anilines is 1. The van der Waals surface area contributed by atoms with E-state index in [2.05, 4.69) is 34.7 Å². The molecular weight excluding hydrogens is 408 g/mol. The molecule has 6 nitrogen and oxygen atoms in total. The lowest BCUT2D eigenvalue weighted by atomic mass is 9.77. The van der Waals surface area contributed by atoms with Crippen LogP contribution in [-0.4, -0.2) is 53.1 Å². The minimum absolute atomic E-state index is 0.174. The van der Waals surface area contributed by atoms with Crippen molar-refractivity contribution in [3.8, 4) is 10.6 Å². The van der Waals surface area contributed by atoms with Crippen LogP contribution < -0.4 is 4.90 Å². The Hall–Kier alpha value is -1.99. The third kappa shape index (κ3) is 3.20. The SMILES string of the molecule is Cc1nc(C)c(-c2cc3c(c(N4CCC5(CC4)COC5)n2)C(=O)N([C@@H](C)C2CC2)C3)s1. The summed E-state index contributed by atoms with van der Waals surface area (Å²) in [5.41, 5.74) is 4.33. The number of fused-ring (bicyclic) bond motifs is 1. The highest BCUT2D eigenvalue weighted by Gasteiger charge is 2.44. The highest BCUT2D eigenvalue weighted by atomic mass is 32.1. The summed E-state index contributed by atoms with van der Waals surface area (Å²) in [5, 5.41) is 1.06. The van der Waals surface area contributed by atoms with Gasteiger partial charge in [0.2, 0.25) is 0 Å². The second-order valence-electron chi connectivity index (χ2n) is 10.0. The van der Waals surface area contributed by atoms with E-state index in [4.69, 9.17) is 9.72 Å². The van der Waals surface area contributed by atoms with Gasteiger partial charge in [0.1, 0.15) is 5.82 Å². The molecule has 3 fully saturated rings. The monoisotopic (exact) mass is 438 g/mol. The number of aromatic nitrogens is 2. The zero-order valence-corrected chi connectivity index (χ0v) is 19.4. The van der Waals surface area contributed by atoms with Gasteiger partial charge in [-0.05, 0) is 64.0 Å². The van der Waals surface area contributed by atoms with Crippen LogP contribution in [0.5, 0.6) is 0 Å². The number of pyridine rings is 1. The van der Waals surface area contributed by atoms with E-state index in [1.54, 1.807) is 11.3 Å². The first kappa shape index (κ1) is 19.7. The van der Waals surface area contributed by atoms with E-state index in [0.29, 0.717) is 23.9 Å². The number of nitrogens with zero attached hydrogens (tertiary/aromatic N) is 4. The van der Waals surface area contributed by atoms with Gasteiger partial charge >= 0.3 is 0 Å². The molecule has 0 N–H and O–H groups in total. The molecule has 7 heteroatoms. The smallest absolute Gasteiger partial charge is 0.258 e. The van der Waals surface area contributed by atoms with Crippen molar-refractivity contribution >= 4 is 23.1 Å². The highest BCUT2D eigenvalue weighted by molar-refractivity contribution is 7.15. The third-order valence-corrected chi connectivity index (χ3v) is 8.86. The quantitative estimate of drug-likeness (QED) is 0.716. The van der Waals surface area contributed by atoms with Crippen LogP contribution in [0.25, 0.3) is 10.6 Å². The van der Waals surface area contributed by atoms with E-state index in [1.807, 2.05) is 6.92 Å². The van der Waals surface area contributed by atoms with Crippen molar-refractivity contribution in [2.75, 3.05) is 31.2 Å². The lowest BCUT2D eigenvalue weighted by Crippen LogP contribution is -2.51. The van der Waals surface area contributed by atoms with E-state index in [-0.39, 0.29) is 5.91 Å². The minimum Gasteiger partial charge on any atom is -0.380 e. The summed E-state index contributed by atoms with van der Waals surface area (Å²) in [6, 6.07) is 2.46. The van der Waals surface area contributed by atoms with E-state index in [1.165, 1.54) is 12.8 Å². The molecule has 1 atom stereocenters. The van der Waals surface area contributed by atoms with Gasteiger partial charge in [0.15, 0.2) is 0 Å². The predicted octanol–water partition coefficient (Wildman–Crippen LogP) is 4.19. The zero-order chi connectivity index (χ0) is 21.3. The van der Waals surface area contributed by atoms with Gasteiger partial charge in [-0.2, -0.15) is 0 Å². The Bertz CT molecular complexity index is 1050. The summed E-state index contributed by atoms with van der Waals surface area (Å²) in [4.78, 5) is 28.9. The Morgan fingerprint density at radius 2 is 1.94 bits per heavy atom. The second kappa shape index (κ2) is 7.01. The van der Waals surface area contributed by atoms with Crippen LogP contribution in [0, 0.1) is 25.2 Å². The van der Waals surface area contributed by atoms with Crippen LogP contribution in [0.2, 0.25) is 0 Å². The maximum Gasteiger partial charge on any atom is 0.258 e. The van der Waals surface area contributed by atoms with Gasteiger partial charge in [-0.1, -0.05) is 0 Å². The number of rotatable bonds is 4. The summed E-state index contributed by atoms with van der Waals surface area (Å²) >= 11 is 1.70. The van der Waals surface area contributed by atoms with Gasteiger partial charge < -0.3 is 14.5 Å². The Labute approximate surface area is 187 Å². The van der Waals surface area contributed by atoms with Crippen molar-refractivity contribution in [3.05, 3.63) is 27.9 Å². The number of aryl methyl sites for hydroxylation is 2. The molecule has 1 saturated carbocycles. The Balaban J connectivity index is 1.40. The third-order valence-electron chi connectivity index (χ3n) is 7.77. The predicted molar refractivity (Wildman–Crippen MR) is 122 cm³/mol. The van der Waals surface area contributed by atoms with E-state index < -0.39 is 0 Å². The highest BCUT2D eigenvalue weighted by Crippen LogP contribution is 2.44. The molecule has 31 heavy (non-hydrogen) atoms. The molecule has 1 spiro atoms. The number of carbonyl (C=O) groups excluding carboxylic acids is 1. The molecule has 4 aliphatic rings. The van der Waals surface area contributed by atoms with Gasteiger partial charge in [-0.3, -0.25) is 4.79 Å². The number of carbonyl (C=O) groups is 1. The van der Waals surface area contributed by atoms with Crippen molar-refractivity contribution in [1.29, 1.82) is 0 Å². The summed E-state index contributed by atoms with van der Waals surface area (Å²) in [6.07, 6.45) is 4.71. The lowest BCUT2D eigenvalue weighted by molar-refractivity contribution is -0.124. The first-order valence-corrected chi connectivity index (χ1v) is 12.4. The first-order chi connectivity index (χ1) is 14.9. The van der Waals surface area contributed by atoms with Crippen molar-refractivity contribution in [2.45, 2.75) is 59.0 Å². The number of hydrogen-bond donors (Lipinski definition) is 0. The number of hydrogen-bond acceptors (Lipinski definition) is 6. The van der Waals surface area contributed by atoms with Gasteiger partial charge in [-0.25, -0.2) is 9.97 Å². The van der Waals surface area contributed by atoms with Crippen LogP contribution >= 0.6 is 11.3 Å². The molecule has 6 rings (SSSR count). The van der Waals surface area contributed by atoms with Gasteiger partial charge in [0, 0.05) is 31.1 Å². The summed E-state index contributed by atoms with van der Waals surface area (Å²) < 4.78 is 5.51. The summed E-state index contributed by atoms with van der Waals surface area (Å²) in [7, 11) is 0. The molecule has 0 bridgehead atoms. The van der Waals surface area contributed by atoms with Gasteiger partial charge in [0.25, 0.3) is 5.91 Å². The number of thiazole rings is 1. The standard InChI is InChI=1S/C24H30N4O2S/c1-14-21(31-16(3)25-14)19-10-18-11-28(15(2)17-4-5-17)23(29)20(18)22(26-19)27-8-6-24(7-9-27)12-30-13-24/h10,15,17H,4-9,11-13H2,1-3H3/t15-/m0/s1. The fraction of sp³-hybridized carbons (Fsp3) is 0.625. The Kier molecular flexibility index (Phi) is 4.45. The summed E-state index contributed by atoms with van der Waals surface area (Å²) in [5.74, 6) is 1.73. The van der Waals surface area contributed by atoms with Crippen LogP contribution in [0.3, 0.4) is 0 Å². The van der Waals surface area contributed by atoms with Gasteiger partial charge in [0.05, 0.1) is 40.0 Å². The fourth-order valence-electron chi connectivity index (χ4n) is 5.49. The van der Waals surface area contributed by atoms with Crippen molar-refractivity contribution in [2.24, 2.45) is 11.3 Å². The fourth-order valence-corrected chi connectivity index (χ4v) is 6.37. The number of amides is 1. The van der Waals surface area contributed by atoms with Crippen LogP contribution in [0.1, 0.15) is 59.2 Å². The molecule has 0 unspecified atom stereocenters. The molecule has 1 aliphatic carbocycles. The van der Waals surface area contributed by atoms with Crippen LogP contribution in [0.4, 0.5) is 5.82 Å². The second-order valence-corrected chi connectivity index (χ2v) is 11.2. The maximum atomic E-state index is 13.6. The van der Waals surface area contributed by atoms with Crippen LogP contribution in [-0.2, 0) is 11.3 Å². The maximum absolute atomic E-state index is 13.6. The molecule has 2 aromatic rings. The average Bonchev–Trinajstić information content (AvgIpc) is 3.46. The molecule has 2 saturated heterocycles. The summed E-state index contributed by atoms with van der Waals surface area (Å²) in [6.45, 7) is 10.7. The molecular formula is C24H30N4O2S. The lowest BCUT2D eigenvalue weighted by Gasteiger charge is -2.47. The molecule has 164 valence electrons. The van der Waals surface area contributed by atoms with Crippen molar-refractivity contribution in [3.63, 3.8) is 0 Å². The van der Waals surface area contributed by atoms with E-state index in [0.717, 1.165) is 77.4 Å². The van der Waals surface area contributed by atoms with Crippen molar-refractivity contribution < 1.29 is 9.53 Å². The molecule has 2 aromatic heterocycles. The number of piperidine rings is 1. The first-order valence-electron chi connectivity index (χ1n) is 11.6. The topological polar surface area (TPSA) is 58.6 Å². The number of ether oxygens (including phenoxy) is 1. The zero-order valence-electron chi connectivity index (χ0n) is 18.6. The van der Waals surface area contributed by atoms with E-state index >= 15 is 0 Å². The van der Waals surface area contributed by atoms with Crippen LogP contribution in [0.15, 0.2) is 6.07 Å². The minimum atomic E-state index is 0.174. The van der Waals surface area contributed by atoms with Gasteiger partial charge in [-0.15, -0.1) is 11.3 Å².